The Morgan fingerprint density at radius 3 is 1.71 bits per heavy atom. The maximum Gasteiger partial charge on any atom is 0.268 e. The monoisotopic (exact) mass is 811 g/mol. The number of phosphoric ester groups is 1. The number of phosphoric acid groups is 1. The van der Waals surface area contributed by atoms with Crippen molar-refractivity contribution in [3.8, 4) is 0 Å². The van der Waals surface area contributed by atoms with E-state index in [1.54, 1.807) is 24.3 Å². The summed E-state index contributed by atoms with van der Waals surface area (Å²) in [6, 6.07) is -0.995. The Bertz CT molecular complexity index is 1130. The highest BCUT2D eigenvalue weighted by molar-refractivity contribution is 7.45. The van der Waals surface area contributed by atoms with E-state index in [-0.39, 0.29) is 18.9 Å². The van der Waals surface area contributed by atoms with Gasteiger partial charge in [-0.25, -0.2) is 0 Å². The second kappa shape index (κ2) is 36.2. The summed E-state index contributed by atoms with van der Waals surface area (Å²) in [6.07, 6.45) is 39.0. The molecule has 0 saturated heterocycles. The van der Waals surface area contributed by atoms with Crippen molar-refractivity contribution in [2.24, 2.45) is 0 Å². The average Bonchev–Trinajstić information content (AvgIpc) is 3.13. The Kier molecular flexibility index (Phi) is 35.0. The number of amides is 1. The number of allylic oxidation sites excluding steroid dienone is 7. The third-order valence-electron chi connectivity index (χ3n) is 9.43. The van der Waals surface area contributed by atoms with Gasteiger partial charge < -0.3 is 39.1 Å². The van der Waals surface area contributed by atoms with Crippen LogP contribution in [0, 0.1) is 0 Å². The van der Waals surface area contributed by atoms with Crippen molar-refractivity contribution < 1.29 is 43.1 Å². The van der Waals surface area contributed by atoms with Crippen molar-refractivity contribution >= 4 is 13.7 Å². The van der Waals surface area contributed by atoms with Crippen molar-refractivity contribution in [2.45, 2.75) is 179 Å². The molecule has 0 saturated carbocycles. The molecule has 0 radical (unpaired) electrons. The highest BCUT2D eigenvalue weighted by Crippen LogP contribution is 2.38. The first kappa shape index (κ1) is 54.1. The van der Waals surface area contributed by atoms with Gasteiger partial charge in [-0.3, -0.25) is 9.36 Å². The van der Waals surface area contributed by atoms with Crippen LogP contribution in [0.15, 0.2) is 60.8 Å². The number of carbonyl (C=O) groups excluding carboxylic acids is 1. The van der Waals surface area contributed by atoms with E-state index in [4.69, 9.17) is 9.05 Å². The molecule has 0 aliphatic carbocycles. The van der Waals surface area contributed by atoms with Gasteiger partial charge in [-0.05, 0) is 38.5 Å². The zero-order chi connectivity index (χ0) is 41.8. The third-order valence-corrected chi connectivity index (χ3v) is 10.4. The van der Waals surface area contributed by atoms with Crippen molar-refractivity contribution in [1.29, 1.82) is 0 Å². The van der Waals surface area contributed by atoms with Crippen LogP contribution >= 0.6 is 7.82 Å². The molecule has 5 atom stereocenters. The van der Waals surface area contributed by atoms with Gasteiger partial charge in [0.05, 0.1) is 52.1 Å². The van der Waals surface area contributed by atoms with E-state index >= 15 is 0 Å². The second-order valence-electron chi connectivity index (χ2n) is 16.1. The van der Waals surface area contributed by atoms with Crippen LogP contribution in [0.3, 0.4) is 0 Å². The van der Waals surface area contributed by atoms with Gasteiger partial charge in [-0.1, -0.05) is 171 Å². The van der Waals surface area contributed by atoms with Gasteiger partial charge in [0.15, 0.2) is 0 Å². The Balaban J connectivity index is 4.72. The average molecular weight is 811 g/mol. The molecular weight excluding hydrogens is 727 g/mol. The molecular formula is C45H83N2O8P. The quantitative estimate of drug-likeness (QED) is 0.0159. The Morgan fingerprint density at radius 1 is 0.679 bits per heavy atom. The van der Waals surface area contributed by atoms with Crippen LogP contribution in [-0.2, 0) is 18.4 Å². The van der Waals surface area contributed by atoms with Crippen LogP contribution in [0.4, 0.5) is 0 Å². The minimum atomic E-state index is -4.65. The van der Waals surface area contributed by atoms with Gasteiger partial charge in [-0.15, -0.1) is 0 Å². The van der Waals surface area contributed by atoms with Gasteiger partial charge in [0.1, 0.15) is 13.2 Å². The maximum absolute atomic E-state index is 12.8. The van der Waals surface area contributed by atoms with E-state index < -0.39 is 38.8 Å². The molecule has 0 aromatic carbocycles. The molecule has 0 aromatic rings. The number of aliphatic hydroxyl groups excluding tert-OH is 3. The molecule has 0 fully saturated rings. The molecule has 1 unspecified atom stereocenters. The first-order chi connectivity index (χ1) is 26.8. The smallest absolute Gasteiger partial charge is 0.268 e. The van der Waals surface area contributed by atoms with Crippen LogP contribution in [0.1, 0.15) is 155 Å². The summed E-state index contributed by atoms with van der Waals surface area (Å²) in [4.78, 5) is 25.3. The summed E-state index contributed by atoms with van der Waals surface area (Å²) in [5.41, 5.74) is 0. The van der Waals surface area contributed by atoms with Crippen LogP contribution in [0.25, 0.3) is 0 Å². The van der Waals surface area contributed by atoms with Gasteiger partial charge in [0.25, 0.3) is 7.82 Å². The van der Waals surface area contributed by atoms with Crippen molar-refractivity contribution in [3.05, 3.63) is 60.8 Å². The number of quaternary nitrogens is 1. The number of unbranched alkanes of at least 4 members (excludes halogenated alkanes) is 15. The van der Waals surface area contributed by atoms with Crippen LogP contribution in [-0.4, -0.2) is 91.0 Å². The number of hydrogen-bond acceptors (Lipinski definition) is 8. The summed E-state index contributed by atoms with van der Waals surface area (Å²) < 4.78 is 23.1. The lowest BCUT2D eigenvalue weighted by atomic mass is 10.0. The Hall–Kier alpha value is -1.88. The molecule has 326 valence electrons. The van der Waals surface area contributed by atoms with Crippen molar-refractivity contribution in [2.75, 3.05) is 40.9 Å². The highest BCUT2D eigenvalue weighted by Gasteiger charge is 2.23. The lowest BCUT2D eigenvalue weighted by Gasteiger charge is -2.29. The fourth-order valence-corrected chi connectivity index (χ4v) is 6.56. The van der Waals surface area contributed by atoms with E-state index in [1.807, 2.05) is 57.6 Å². The van der Waals surface area contributed by atoms with Gasteiger partial charge in [0, 0.05) is 6.42 Å². The van der Waals surface area contributed by atoms with E-state index in [0.717, 1.165) is 44.9 Å². The maximum atomic E-state index is 12.8. The van der Waals surface area contributed by atoms with Crippen molar-refractivity contribution in [3.63, 3.8) is 0 Å². The molecule has 0 rings (SSSR count). The zero-order valence-electron chi connectivity index (χ0n) is 36.0. The van der Waals surface area contributed by atoms with Crippen LogP contribution in [0.5, 0.6) is 0 Å². The largest absolute Gasteiger partial charge is 0.756 e. The first-order valence-corrected chi connectivity index (χ1v) is 23.3. The van der Waals surface area contributed by atoms with Crippen LogP contribution in [0.2, 0.25) is 0 Å². The van der Waals surface area contributed by atoms with Gasteiger partial charge >= 0.3 is 0 Å². The number of hydrogen-bond donors (Lipinski definition) is 4. The molecule has 0 aliphatic rings. The van der Waals surface area contributed by atoms with Crippen molar-refractivity contribution in [1.82, 2.24) is 5.32 Å². The molecule has 0 aliphatic heterocycles. The Morgan fingerprint density at radius 2 is 1.18 bits per heavy atom. The number of aliphatic hydroxyl groups is 3. The minimum Gasteiger partial charge on any atom is -0.756 e. The summed E-state index contributed by atoms with van der Waals surface area (Å²) in [5.74, 6) is -0.375. The second-order valence-corrected chi connectivity index (χ2v) is 17.5. The normalized spacial score (nSPS) is 16.1. The van der Waals surface area contributed by atoms with Crippen LogP contribution < -0.4 is 10.2 Å². The summed E-state index contributed by atoms with van der Waals surface area (Å²) in [7, 11) is 1.11. The molecule has 10 nitrogen and oxygen atoms in total. The SMILES string of the molecule is CCCCCCCCCCCCCCC/C=C/[C@@H](O)[C@H](COP(=O)([O-])OCC[N+](C)(C)C)NC(=O)CCC[C@H](O)/C=C/C=C\C/C=C\C=C\[C@H](O)CCCCC. The topological polar surface area (TPSA) is 148 Å². The summed E-state index contributed by atoms with van der Waals surface area (Å²) >= 11 is 0. The van der Waals surface area contributed by atoms with E-state index in [9.17, 15) is 29.6 Å². The van der Waals surface area contributed by atoms with E-state index in [1.165, 1.54) is 70.6 Å². The minimum absolute atomic E-state index is 0.0465. The standard InChI is InChI=1S/C45H83N2O8P/c1-6-8-10-11-12-13-14-15-16-17-18-19-23-26-30-36-44(50)43(40-55-56(52,53)54-39-38-47(3,4)5)46-45(51)37-31-35-42(49)34-29-25-22-20-21-24-28-33-41(48)32-27-9-7-2/h21-22,24-25,28-30,33-34,36,41-44,48-50H,6-20,23,26-27,31-32,35,37-40H2,1-5H3,(H-,46,51,52,53)/b24-21-,25-22-,33-28+,34-29+,36-30+/t41-,42-,43+,44-/m1/s1. The predicted octanol–water partition coefficient (Wildman–Crippen LogP) is 9.16. The number of nitrogens with zero attached hydrogens (tertiary/aromatic N) is 1. The molecule has 0 spiro atoms. The lowest BCUT2D eigenvalue weighted by molar-refractivity contribution is -0.870. The van der Waals surface area contributed by atoms with Gasteiger partial charge in [-0.2, -0.15) is 0 Å². The third kappa shape index (κ3) is 37.7. The molecule has 1 amide bonds. The first-order valence-electron chi connectivity index (χ1n) is 21.9. The number of carbonyl (C=O) groups is 1. The highest BCUT2D eigenvalue weighted by atomic mass is 31.2. The molecule has 0 aromatic heterocycles. The molecule has 0 bridgehead atoms. The number of nitrogens with one attached hydrogen (secondary N) is 1. The Labute approximate surface area is 342 Å². The fourth-order valence-electron chi connectivity index (χ4n) is 5.83. The van der Waals surface area contributed by atoms with E-state index in [2.05, 4.69) is 19.2 Å². The van der Waals surface area contributed by atoms with Gasteiger partial charge in [0.2, 0.25) is 5.91 Å². The lowest BCUT2D eigenvalue weighted by Crippen LogP contribution is -2.45. The molecule has 56 heavy (non-hydrogen) atoms. The fraction of sp³-hybridized carbons (Fsp3) is 0.756. The molecule has 11 heteroatoms. The van der Waals surface area contributed by atoms with E-state index in [0.29, 0.717) is 30.3 Å². The zero-order valence-corrected chi connectivity index (χ0v) is 36.9. The molecule has 4 N–H and O–H groups in total. The molecule has 0 heterocycles. The number of likely N-dealkylation sites (N-methyl/N-ethyl adjacent to an activating group) is 1. The number of rotatable bonds is 38. The summed E-state index contributed by atoms with van der Waals surface area (Å²) in [6.45, 7) is 4.34. The predicted molar refractivity (Wildman–Crippen MR) is 231 cm³/mol. The summed E-state index contributed by atoms with van der Waals surface area (Å²) in [5, 5.41) is 33.9.